The lowest BCUT2D eigenvalue weighted by atomic mass is 10.1. The predicted octanol–water partition coefficient (Wildman–Crippen LogP) is 2.19. The molecule has 1 saturated heterocycles. The average Bonchev–Trinajstić information content (AvgIpc) is 2.43. The second-order valence-corrected chi connectivity index (χ2v) is 3.66. The highest BCUT2D eigenvalue weighted by molar-refractivity contribution is 5.10. The van der Waals surface area contributed by atoms with Crippen LogP contribution < -0.4 is 5.32 Å². The third-order valence-corrected chi connectivity index (χ3v) is 2.66. The van der Waals surface area contributed by atoms with Gasteiger partial charge in [0.05, 0.1) is 11.7 Å². The first-order chi connectivity index (χ1) is 6.38. The average molecular weight is 180 g/mol. The first-order valence-corrected chi connectivity index (χ1v) is 5.01. The predicted molar refractivity (Wildman–Crippen MR) is 50.5 cm³/mol. The van der Waals surface area contributed by atoms with E-state index in [9.17, 15) is 0 Å². The Kier molecular flexibility index (Phi) is 2.64. The van der Waals surface area contributed by atoms with Crippen molar-refractivity contribution in [3.8, 4) is 0 Å². The number of oxazole rings is 1. The zero-order valence-electron chi connectivity index (χ0n) is 8.05. The Morgan fingerprint density at radius 2 is 2.38 bits per heavy atom. The number of hydrogen-bond acceptors (Lipinski definition) is 3. The molecule has 0 aromatic carbocycles. The maximum Gasteiger partial charge on any atom is 0.181 e. The molecule has 1 atom stereocenters. The van der Waals surface area contributed by atoms with Crippen LogP contribution in [-0.4, -0.2) is 11.5 Å². The highest BCUT2D eigenvalue weighted by atomic mass is 16.3. The largest absolute Gasteiger partial charge is 0.447 e. The zero-order chi connectivity index (χ0) is 9.10. The molecule has 1 aliphatic heterocycles. The van der Waals surface area contributed by atoms with Crippen LogP contribution in [0.15, 0.2) is 10.8 Å². The third kappa shape index (κ3) is 1.91. The van der Waals surface area contributed by atoms with E-state index in [-0.39, 0.29) is 0 Å². The van der Waals surface area contributed by atoms with Gasteiger partial charge in [-0.1, -0.05) is 12.8 Å². The van der Waals surface area contributed by atoms with Gasteiger partial charge in [0, 0.05) is 0 Å². The van der Waals surface area contributed by atoms with Crippen LogP contribution in [-0.2, 0) is 0 Å². The van der Waals surface area contributed by atoms with Crippen molar-refractivity contribution >= 4 is 0 Å². The summed E-state index contributed by atoms with van der Waals surface area (Å²) >= 11 is 0. The van der Waals surface area contributed by atoms with Crippen molar-refractivity contribution in [2.24, 2.45) is 0 Å². The molecule has 0 saturated carbocycles. The molecule has 0 aliphatic carbocycles. The summed E-state index contributed by atoms with van der Waals surface area (Å²) in [5.74, 6) is 1.03. The van der Waals surface area contributed by atoms with Crippen molar-refractivity contribution < 1.29 is 4.42 Å². The molecule has 1 N–H and O–H groups in total. The molecular formula is C10H16N2O. The molecule has 1 aromatic rings. The lowest BCUT2D eigenvalue weighted by Crippen LogP contribution is -2.20. The molecule has 0 amide bonds. The normalized spacial score (nSPS) is 24.2. The Balaban J connectivity index is 2.10. The van der Waals surface area contributed by atoms with Crippen molar-refractivity contribution in [3.63, 3.8) is 0 Å². The van der Waals surface area contributed by atoms with Gasteiger partial charge in [0.1, 0.15) is 5.76 Å². The van der Waals surface area contributed by atoms with Gasteiger partial charge < -0.3 is 9.73 Å². The fourth-order valence-electron chi connectivity index (χ4n) is 1.90. The van der Waals surface area contributed by atoms with E-state index in [1.165, 1.54) is 32.1 Å². The lowest BCUT2D eigenvalue weighted by Gasteiger charge is -2.12. The fourth-order valence-corrected chi connectivity index (χ4v) is 1.90. The summed E-state index contributed by atoms with van der Waals surface area (Å²) in [7, 11) is 0. The maximum absolute atomic E-state index is 5.39. The summed E-state index contributed by atoms with van der Waals surface area (Å²) in [6.45, 7) is 3.11. The molecule has 0 radical (unpaired) electrons. The molecule has 1 aromatic heterocycles. The Morgan fingerprint density at radius 3 is 3.15 bits per heavy atom. The number of hydrogen-bond donors (Lipinski definition) is 1. The van der Waals surface area contributed by atoms with Crippen molar-refractivity contribution in [1.29, 1.82) is 0 Å². The smallest absolute Gasteiger partial charge is 0.181 e. The monoisotopic (exact) mass is 180 g/mol. The van der Waals surface area contributed by atoms with Gasteiger partial charge in [-0.15, -0.1) is 0 Å². The Morgan fingerprint density at radius 1 is 1.46 bits per heavy atom. The molecule has 1 fully saturated rings. The maximum atomic E-state index is 5.39. The molecule has 3 heteroatoms. The quantitative estimate of drug-likeness (QED) is 0.720. The van der Waals surface area contributed by atoms with Gasteiger partial charge in [-0.05, 0) is 26.3 Å². The first kappa shape index (κ1) is 8.75. The van der Waals surface area contributed by atoms with Crippen molar-refractivity contribution in [2.75, 3.05) is 6.54 Å². The minimum Gasteiger partial charge on any atom is -0.447 e. The number of aryl methyl sites for hydroxylation is 1. The Bertz CT molecular complexity index is 262. The van der Waals surface area contributed by atoms with Crippen molar-refractivity contribution in [2.45, 2.75) is 38.6 Å². The highest BCUT2D eigenvalue weighted by Gasteiger charge is 2.18. The number of nitrogens with one attached hydrogen (secondary N) is 1. The third-order valence-electron chi connectivity index (χ3n) is 2.66. The van der Waals surface area contributed by atoms with E-state index in [0.29, 0.717) is 6.04 Å². The van der Waals surface area contributed by atoms with Gasteiger partial charge in [-0.3, -0.25) is 0 Å². The second kappa shape index (κ2) is 3.92. The van der Waals surface area contributed by atoms with Crippen molar-refractivity contribution in [3.05, 3.63) is 17.8 Å². The molecule has 0 bridgehead atoms. The van der Waals surface area contributed by atoms with Crippen LogP contribution in [0.4, 0.5) is 0 Å². The van der Waals surface area contributed by atoms with Gasteiger partial charge in [0.25, 0.3) is 0 Å². The van der Waals surface area contributed by atoms with E-state index < -0.39 is 0 Å². The van der Waals surface area contributed by atoms with Crippen LogP contribution in [0.2, 0.25) is 0 Å². The molecule has 2 rings (SSSR count). The molecule has 0 spiro atoms. The van der Waals surface area contributed by atoms with Gasteiger partial charge in [0.15, 0.2) is 6.39 Å². The summed E-state index contributed by atoms with van der Waals surface area (Å²) in [5, 5.41) is 3.49. The van der Waals surface area contributed by atoms with Crippen LogP contribution >= 0.6 is 0 Å². The summed E-state index contributed by atoms with van der Waals surface area (Å²) in [6, 6.07) is 0.394. The van der Waals surface area contributed by atoms with E-state index in [2.05, 4.69) is 10.3 Å². The van der Waals surface area contributed by atoms with Gasteiger partial charge in [-0.25, -0.2) is 4.98 Å². The van der Waals surface area contributed by atoms with Crippen LogP contribution in [0.25, 0.3) is 0 Å². The van der Waals surface area contributed by atoms with Gasteiger partial charge >= 0.3 is 0 Å². The molecule has 72 valence electrons. The lowest BCUT2D eigenvalue weighted by molar-refractivity contribution is 0.405. The SMILES string of the molecule is Cc1ncoc1C1CCCCCN1. The van der Waals surface area contributed by atoms with Crippen LogP contribution in [0.5, 0.6) is 0 Å². The minimum atomic E-state index is 0.394. The molecule has 1 unspecified atom stereocenters. The summed E-state index contributed by atoms with van der Waals surface area (Å²) in [4.78, 5) is 4.12. The number of rotatable bonds is 1. The topological polar surface area (TPSA) is 38.1 Å². The fraction of sp³-hybridized carbons (Fsp3) is 0.700. The highest BCUT2D eigenvalue weighted by Crippen LogP contribution is 2.24. The Hall–Kier alpha value is -0.830. The zero-order valence-corrected chi connectivity index (χ0v) is 8.05. The summed E-state index contributed by atoms with van der Waals surface area (Å²) in [6.07, 6.45) is 6.62. The summed E-state index contributed by atoms with van der Waals surface area (Å²) in [5.41, 5.74) is 1.03. The van der Waals surface area contributed by atoms with Crippen LogP contribution in [0, 0.1) is 6.92 Å². The minimum absolute atomic E-state index is 0.394. The van der Waals surface area contributed by atoms with E-state index in [4.69, 9.17) is 4.42 Å². The van der Waals surface area contributed by atoms with Gasteiger partial charge in [0.2, 0.25) is 0 Å². The molecule has 2 heterocycles. The Labute approximate surface area is 78.5 Å². The summed E-state index contributed by atoms with van der Waals surface area (Å²) < 4.78 is 5.39. The standard InChI is InChI=1S/C10H16N2O/c1-8-10(13-7-12-8)9-5-3-2-4-6-11-9/h7,9,11H,2-6H2,1H3. The number of aromatic nitrogens is 1. The van der Waals surface area contributed by atoms with Crippen LogP contribution in [0.1, 0.15) is 43.2 Å². The van der Waals surface area contributed by atoms with Crippen LogP contribution in [0.3, 0.4) is 0 Å². The molecule has 1 aliphatic rings. The first-order valence-electron chi connectivity index (χ1n) is 5.01. The molecular weight excluding hydrogens is 164 g/mol. The van der Waals surface area contributed by atoms with Crippen molar-refractivity contribution in [1.82, 2.24) is 10.3 Å². The van der Waals surface area contributed by atoms with E-state index in [0.717, 1.165) is 18.0 Å². The van der Waals surface area contributed by atoms with E-state index in [1.807, 2.05) is 6.92 Å². The second-order valence-electron chi connectivity index (χ2n) is 3.66. The molecule has 13 heavy (non-hydrogen) atoms. The van der Waals surface area contributed by atoms with Gasteiger partial charge in [-0.2, -0.15) is 0 Å². The van der Waals surface area contributed by atoms with E-state index in [1.54, 1.807) is 0 Å². The number of nitrogens with zero attached hydrogens (tertiary/aromatic N) is 1. The molecule has 3 nitrogen and oxygen atoms in total. The van der Waals surface area contributed by atoms with E-state index >= 15 is 0 Å².